The maximum atomic E-state index is 11.8. The number of sulfonamides is 1. The monoisotopic (exact) mass is 289 g/mol. The van der Waals surface area contributed by atoms with Gasteiger partial charge < -0.3 is 15.0 Å². The van der Waals surface area contributed by atoms with E-state index in [1.807, 2.05) is 20.8 Å². The topological polar surface area (TPSA) is 114 Å². The molecule has 0 unspecified atom stereocenters. The number of primary sulfonamides is 1. The van der Waals surface area contributed by atoms with Crippen molar-refractivity contribution < 1.29 is 17.9 Å². The van der Waals surface area contributed by atoms with Crippen molar-refractivity contribution in [2.45, 2.75) is 31.3 Å². The lowest BCUT2D eigenvalue weighted by Crippen LogP contribution is -2.40. The van der Waals surface area contributed by atoms with Gasteiger partial charge in [0.2, 0.25) is 10.0 Å². The molecule has 0 aliphatic heterocycles. The second-order valence-corrected chi connectivity index (χ2v) is 6.23. The van der Waals surface area contributed by atoms with E-state index >= 15 is 0 Å². The third-order valence-corrected chi connectivity index (χ3v) is 3.33. The molecule has 7 nitrogen and oxygen atoms in total. The van der Waals surface area contributed by atoms with Gasteiger partial charge in [0.15, 0.2) is 0 Å². The largest absolute Gasteiger partial charge is 0.374 e. The van der Waals surface area contributed by atoms with E-state index in [1.165, 1.54) is 12.3 Å². The van der Waals surface area contributed by atoms with Crippen LogP contribution in [0.1, 0.15) is 31.3 Å². The molecule has 1 aromatic heterocycles. The first-order valence-corrected chi connectivity index (χ1v) is 7.34. The molecule has 108 valence electrons. The van der Waals surface area contributed by atoms with Gasteiger partial charge in [-0.15, -0.1) is 0 Å². The van der Waals surface area contributed by atoms with Crippen LogP contribution < -0.4 is 10.5 Å². The van der Waals surface area contributed by atoms with Crippen LogP contribution >= 0.6 is 0 Å². The zero-order valence-electron chi connectivity index (χ0n) is 11.2. The molecule has 0 aromatic carbocycles. The molecule has 0 aliphatic rings. The fourth-order valence-corrected chi connectivity index (χ4v) is 2.01. The average Bonchev–Trinajstić information content (AvgIpc) is 2.74. The van der Waals surface area contributed by atoms with E-state index in [2.05, 4.69) is 10.3 Å². The predicted octanol–water partition coefficient (Wildman–Crippen LogP) is 0.207. The molecule has 4 N–H and O–H groups in total. The van der Waals surface area contributed by atoms with Crippen LogP contribution in [0.2, 0.25) is 0 Å². The Morgan fingerprint density at radius 1 is 1.53 bits per heavy atom. The van der Waals surface area contributed by atoms with Crippen molar-refractivity contribution in [2.75, 3.05) is 13.2 Å². The van der Waals surface area contributed by atoms with E-state index in [4.69, 9.17) is 9.88 Å². The highest BCUT2D eigenvalue weighted by molar-refractivity contribution is 7.89. The molecule has 0 aliphatic carbocycles. The Kier molecular flexibility index (Phi) is 4.72. The van der Waals surface area contributed by atoms with Crippen molar-refractivity contribution in [1.29, 1.82) is 0 Å². The van der Waals surface area contributed by atoms with Crippen LogP contribution in [0, 0.1) is 0 Å². The number of rotatable bonds is 6. The summed E-state index contributed by atoms with van der Waals surface area (Å²) in [6.45, 7) is 6.42. The molecule has 1 aromatic rings. The molecule has 0 bridgehead atoms. The summed E-state index contributed by atoms with van der Waals surface area (Å²) in [6.07, 6.45) is 1.18. The van der Waals surface area contributed by atoms with E-state index in [1.54, 1.807) is 0 Å². The third kappa shape index (κ3) is 4.66. The van der Waals surface area contributed by atoms with Crippen molar-refractivity contribution in [3.63, 3.8) is 0 Å². The van der Waals surface area contributed by atoms with Crippen LogP contribution in [0.3, 0.4) is 0 Å². The Balaban J connectivity index is 2.67. The minimum absolute atomic E-state index is 0.123. The number of nitrogens with two attached hydrogens (primary N) is 1. The highest BCUT2D eigenvalue weighted by Gasteiger charge is 2.20. The highest BCUT2D eigenvalue weighted by Crippen LogP contribution is 2.10. The molecular weight excluding hydrogens is 270 g/mol. The number of carbonyl (C=O) groups is 1. The Bertz CT molecular complexity index is 548. The van der Waals surface area contributed by atoms with Crippen molar-refractivity contribution in [2.24, 2.45) is 5.14 Å². The maximum absolute atomic E-state index is 11.8. The van der Waals surface area contributed by atoms with Gasteiger partial charge in [0.25, 0.3) is 5.91 Å². The third-order valence-electron chi connectivity index (χ3n) is 2.44. The summed E-state index contributed by atoms with van der Waals surface area (Å²) in [7, 11) is -3.80. The van der Waals surface area contributed by atoms with E-state index in [9.17, 15) is 13.2 Å². The summed E-state index contributed by atoms with van der Waals surface area (Å²) < 4.78 is 27.6. The van der Waals surface area contributed by atoms with Gasteiger partial charge in [0.1, 0.15) is 5.69 Å². The fraction of sp³-hybridized carbons (Fsp3) is 0.545. The molecule has 0 spiro atoms. The summed E-state index contributed by atoms with van der Waals surface area (Å²) in [5, 5.41) is 7.61. The number of amides is 1. The molecule has 1 amide bonds. The normalized spacial score (nSPS) is 12.4. The van der Waals surface area contributed by atoms with Crippen molar-refractivity contribution in [3.8, 4) is 0 Å². The summed E-state index contributed by atoms with van der Waals surface area (Å²) in [4.78, 5) is 14.2. The van der Waals surface area contributed by atoms with Crippen LogP contribution in [-0.2, 0) is 14.8 Å². The SMILES string of the molecule is CCOC(C)(C)CNC(=O)c1cc(S(N)(=O)=O)c[nH]1. The van der Waals surface area contributed by atoms with Crippen LogP contribution in [0.4, 0.5) is 0 Å². The van der Waals surface area contributed by atoms with Crippen LogP contribution in [0.15, 0.2) is 17.2 Å². The van der Waals surface area contributed by atoms with Gasteiger partial charge in [-0.2, -0.15) is 0 Å². The molecule has 0 atom stereocenters. The van der Waals surface area contributed by atoms with Crippen LogP contribution in [0.5, 0.6) is 0 Å². The van der Waals surface area contributed by atoms with E-state index in [0.717, 1.165) is 0 Å². The van der Waals surface area contributed by atoms with Crippen LogP contribution in [0.25, 0.3) is 0 Å². The van der Waals surface area contributed by atoms with Crippen LogP contribution in [-0.4, -0.2) is 38.1 Å². The van der Waals surface area contributed by atoms with Gasteiger partial charge >= 0.3 is 0 Å². The van der Waals surface area contributed by atoms with Gasteiger partial charge in [-0.05, 0) is 26.8 Å². The second-order valence-electron chi connectivity index (χ2n) is 4.67. The second kappa shape index (κ2) is 5.72. The Hall–Kier alpha value is -1.38. The minimum atomic E-state index is -3.80. The number of aromatic amines is 1. The first-order valence-electron chi connectivity index (χ1n) is 5.79. The van der Waals surface area contributed by atoms with E-state index in [0.29, 0.717) is 13.2 Å². The quantitative estimate of drug-likeness (QED) is 0.694. The highest BCUT2D eigenvalue weighted by atomic mass is 32.2. The molecule has 1 rings (SSSR count). The average molecular weight is 289 g/mol. The molecule has 0 saturated heterocycles. The number of carbonyl (C=O) groups excluding carboxylic acids is 1. The van der Waals surface area contributed by atoms with Crippen molar-refractivity contribution >= 4 is 15.9 Å². The molecule has 19 heavy (non-hydrogen) atoms. The van der Waals surface area contributed by atoms with Gasteiger partial charge in [-0.3, -0.25) is 4.79 Å². The standard InChI is InChI=1S/C11H19N3O4S/c1-4-18-11(2,3)7-14-10(15)9-5-8(6-13-9)19(12,16)17/h5-6,13H,4,7H2,1-3H3,(H,14,15)(H2,12,16,17). The Morgan fingerprint density at radius 3 is 2.63 bits per heavy atom. The van der Waals surface area contributed by atoms with Crippen molar-refractivity contribution in [3.05, 3.63) is 18.0 Å². The Morgan fingerprint density at radius 2 is 2.16 bits per heavy atom. The van der Waals surface area contributed by atoms with Gasteiger partial charge in [0, 0.05) is 19.3 Å². The molecule has 8 heteroatoms. The van der Waals surface area contributed by atoms with Gasteiger partial charge in [-0.25, -0.2) is 13.6 Å². The number of aromatic nitrogens is 1. The number of nitrogens with one attached hydrogen (secondary N) is 2. The molecular formula is C11H19N3O4S. The zero-order valence-corrected chi connectivity index (χ0v) is 12.0. The fourth-order valence-electron chi connectivity index (χ4n) is 1.50. The molecule has 0 radical (unpaired) electrons. The zero-order chi connectivity index (χ0) is 14.7. The van der Waals surface area contributed by atoms with Crippen molar-refractivity contribution in [1.82, 2.24) is 10.3 Å². The smallest absolute Gasteiger partial charge is 0.267 e. The molecule has 0 fully saturated rings. The number of hydrogen-bond acceptors (Lipinski definition) is 4. The Labute approximate surface area is 112 Å². The lowest BCUT2D eigenvalue weighted by molar-refractivity contribution is -0.00818. The lowest BCUT2D eigenvalue weighted by atomic mass is 10.1. The number of hydrogen-bond donors (Lipinski definition) is 3. The van der Waals surface area contributed by atoms with E-state index in [-0.39, 0.29) is 10.6 Å². The first-order chi connectivity index (χ1) is 8.65. The molecule has 1 heterocycles. The lowest BCUT2D eigenvalue weighted by Gasteiger charge is -2.24. The molecule has 0 saturated carbocycles. The summed E-state index contributed by atoms with van der Waals surface area (Å²) >= 11 is 0. The minimum Gasteiger partial charge on any atom is -0.374 e. The number of ether oxygens (including phenoxy) is 1. The summed E-state index contributed by atoms with van der Waals surface area (Å²) in [5.74, 6) is -0.414. The maximum Gasteiger partial charge on any atom is 0.267 e. The van der Waals surface area contributed by atoms with Gasteiger partial charge in [0.05, 0.1) is 10.5 Å². The summed E-state index contributed by atoms with van der Waals surface area (Å²) in [5.41, 5.74) is -0.351. The predicted molar refractivity (Wildman–Crippen MR) is 70.2 cm³/mol. The number of H-pyrrole nitrogens is 1. The van der Waals surface area contributed by atoms with E-state index < -0.39 is 21.5 Å². The van der Waals surface area contributed by atoms with Gasteiger partial charge in [-0.1, -0.05) is 0 Å². The summed E-state index contributed by atoms with van der Waals surface area (Å²) in [6, 6.07) is 1.19. The first kappa shape index (κ1) is 15.7.